The SMILES string of the molecule is COc1nc(OC)nc(N2CCC(Cc3nnc(SC)n3C)CC2)n1. The van der Waals surface area contributed by atoms with E-state index in [-0.39, 0.29) is 12.0 Å². The van der Waals surface area contributed by atoms with Crippen molar-refractivity contribution < 1.29 is 9.47 Å². The van der Waals surface area contributed by atoms with E-state index in [4.69, 9.17) is 9.47 Å². The first-order chi connectivity index (χ1) is 12.1. The normalized spacial score (nSPS) is 15.4. The standard InChI is InChI=1S/C15H23N7O2S/c1-21-11(19-20-15(21)25-4)9-10-5-7-22(8-6-10)12-16-13(23-2)18-14(17-12)24-3/h10H,5-9H2,1-4H3. The molecular formula is C15H23N7O2S. The van der Waals surface area contributed by atoms with Gasteiger partial charge in [0.15, 0.2) is 5.16 Å². The zero-order chi connectivity index (χ0) is 17.8. The van der Waals surface area contributed by atoms with Crippen molar-refractivity contribution in [1.82, 2.24) is 29.7 Å². The molecule has 10 heteroatoms. The monoisotopic (exact) mass is 365 g/mol. The molecule has 0 radical (unpaired) electrons. The van der Waals surface area contributed by atoms with Crippen LogP contribution < -0.4 is 14.4 Å². The summed E-state index contributed by atoms with van der Waals surface area (Å²) >= 11 is 1.62. The van der Waals surface area contributed by atoms with Crippen LogP contribution >= 0.6 is 11.8 Å². The first-order valence-corrected chi connectivity index (χ1v) is 9.38. The van der Waals surface area contributed by atoms with E-state index in [0.717, 1.165) is 43.3 Å². The van der Waals surface area contributed by atoms with Crippen molar-refractivity contribution in [2.45, 2.75) is 24.4 Å². The van der Waals surface area contributed by atoms with Gasteiger partial charge in [0.25, 0.3) is 0 Å². The molecule has 3 heterocycles. The second-order valence-electron chi connectivity index (χ2n) is 5.91. The fourth-order valence-electron chi connectivity index (χ4n) is 2.95. The lowest BCUT2D eigenvalue weighted by atomic mass is 9.93. The summed E-state index contributed by atoms with van der Waals surface area (Å²) in [5.74, 6) is 2.23. The quantitative estimate of drug-likeness (QED) is 0.700. The van der Waals surface area contributed by atoms with E-state index in [1.54, 1.807) is 11.8 Å². The van der Waals surface area contributed by atoms with Crippen molar-refractivity contribution in [3.05, 3.63) is 5.82 Å². The molecular weight excluding hydrogens is 342 g/mol. The maximum Gasteiger partial charge on any atom is 0.324 e. The maximum atomic E-state index is 5.13. The number of piperidine rings is 1. The van der Waals surface area contributed by atoms with Crippen molar-refractivity contribution in [3.63, 3.8) is 0 Å². The molecule has 1 aliphatic rings. The third-order valence-corrected chi connectivity index (χ3v) is 5.14. The Bertz CT molecular complexity index is 694. The van der Waals surface area contributed by atoms with Crippen LogP contribution in [0.2, 0.25) is 0 Å². The van der Waals surface area contributed by atoms with Crippen LogP contribution in [0.15, 0.2) is 5.16 Å². The molecule has 2 aromatic rings. The minimum absolute atomic E-state index is 0.271. The van der Waals surface area contributed by atoms with E-state index in [0.29, 0.717) is 11.9 Å². The number of rotatable bonds is 6. The van der Waals surface area contributed by atoms with Crippen LogP contribution in [0, 0.1) is 5.92 Å². The van der Waals surface area contributed by atoms with E-state index < -0.39 is 0 Å². The highest BCUT2D eigenvalue weighted by atomic mass is 32.2. The predicted molar refractivity (Wildman–Crippen MR) is 94.4 cm³/mol. The van der Waals surface area contributed by atoms with Crippen LogP contribution in [0.4, 0.5) is 5.95 Å². The third kappa shape index (κ3) is 3.94. The van der Waals surface area contributed by atoms with Crippen molar-refractivity contribution in [3.8, 4) is 12.0 Å². The molecule has 0 amide bonds. The first-order valence-electron chi connectivity index (χ1n) is 8.15. The molecule has 1 fully saturated rings. The fourth-order valence-corrected chi connectivity index (χ4v) is 3.45. The van der Waals surface area contributed by atoms with Gasteiger partial charge in [0.1, 0.15) is 5.82 Å². The number of anilines is 1. The number of nitrogens with zero attached hydrogens (tertiary/aromatic N) is 7. The zero-order valence-electron chi connectivity index (χ0n) is 15.0. The summed E-state index contributed by atoms with van der Waals surface area (Å²) in [6.07, 6.45) is 5.07. The lowest BCUT2D eigenvalue weighted by Gasteiger charge is -2.31. The second-order valence-corrected chi connectivity index (χ2v) is 6.68. The molecule has 9 nitrogen and oxygen atoms in total. The summed E-state index contributed by atoms with van der Waals surface area (Å²) in [6.45, 7) is 1.77. The Kier molecular flexibility index (Phi) is 5.57. The largest absolute Gasteiger partial charge is 0.467 e. The van der Waals surface area contributed by atoms with Crippen LogP contribution in [0.3, 0.4) is 0 Å². The molecule has 25 heavy (non-hydrogen) atoms. The highest BCUT2D eigenvalue weighted by Gasteiger charge is 2.24. The Morgan fingerprint density at radius 2 is 1.68 bits per heavy atom. The van der Waals surface area contributed by atoms with E-state index in [1.165, 1.54) is 14.2 Å². The Labute approximate surface area is 151 Å². The van der Waals surface area contributed by atoms with Gasteiger partial charge in [-0.2, -0.15) is 9.97 Å². The molecule has 1 saturated heterocycles. The highest BCUT2D eigenvalue weighted by Crippen LogP contribution is 2.25. The minimum Gasteiger partial charge on any atom is -0.467 e. The Balaban J connectivity index is 1.62. The van der Waals surface area contributed by atoms with Crippen molar-refractivity contribution in [2.24, 2.45) is 13.0 Å². The van der Waals surface area contributed by atoms with Crippen molar-refractivity contribution >= 4 is 17.7 Å². The molecule has 3 rings (SSSR count). The van der Waals surface area contributed by atoms with Gasteiger partial charge in [0.05, 0.1) is 14.2 Å². The van der Waals surface area contributed by atoms with Gasteiger partial charge in [-0.25, -0.2) is 0 Å². The van der Waals surface area contributed by atoms with Gasteiger partial charge < -0.3 is 18.9 Å². The lowest BCUT2D eigenvalue weighted by molar-refractivity contribution is 0.336. The van der Waals surface area contributed by atoms with Gasteiger partial charge in [-0.15, -0.1) is 15.2 Å². The van der Waals surface area contributed by atoms with Crippen molar-refractivity contribution in [2.75, 3.05) is 38.5 Å². The number of methoxy groups -OCH3 is 2. The van der Waals surface area contributed by atoms with Crippen LogP contribution in [0.1, 0.15) is 18.7 Å². The summed E-state index contributed by atoms with van der Waals surface area (Å²) in [7, 11) is 5.10. The number of hydrogen-bond donors (Lipinski definition) is 0. The molecule has 0 N–H and O–H groups in total. The number of aromatic nitrogens is 6. The van der Waals surface area contributed by atoms with Gasteiger partial charge in [0, 0.05) is 26.6 Å². The average Bonchev–Trinajstić information content (AvgIpc) is 3.01. The Morgan fingerprint density at radius 3 is 2.20 bits per heavy atom. The lowest BCUT2D eigenvalue weighted by Crippen LogP contribution is -2.35. The van der Waals surface area contributed by atoms with Crippen LogP contribution in [0.25, 0.3) is 0 Å². The molecule has 0 bridgehead atoms. The van der Waals surface area contributed by atoms with Crippen LogP contribution in [0.5, 0.6) is 12.0 Å². The van der Waals surface area contributed by atoms with E-state index in [9.17, 15) is 0 Å². The second kappa shape index (κ2) is 7.85. The summed E-state index contributed by atoms with van der Waals surface area (Å²) in [5.41, 5.74) is 0. The number of hydrogen-bond acceptors (Lipinski definition) is 9. The van der Waals surface area contributed by atoms with Crippen LogP contribution in [-0.2, 0) is 13.5 Å². The Hall–Kier alpha value is -2.10. The number of thioether (sulfide) groups is 1. The molecule has 1 aliphatic heterocycles. The molecule has 0 aliphatic carbocycles. The first kappa shape index (κ1) is 17.7. The van der Waals surface area contributed by atoms with E-state index >= 15 is 0 Å². The number of ether oxygens (including phenoxy) is 2. The summed E-state index contributed by atoms with van der Waals surface area (Å²) in [6, 6.07) is 0.542. The highest BCUT2D eigenvalue weighted by molar-refractivity contribution is 7.98. The predicted octanol–water partition coefficient (Wildman–Crippen LogP) is 1.20. The molecule has 0 saturated carbocycles. The van der Waals surface area contributed by atoms with Gasteiger partial charge in [-0.3, -0.25) is 0 Å². The van der Waals surface area contributed by atoms with Crippen molar-refractivity contribution in [1.29, 1.82) is 0 Å². The Morgan fingerprint density at radius 1 is 1.04 bits per heavy atom. The molecule has 2 aromatic heterocycles. The molecule has 0 aromatic carbocycles. The van der Waals surface area contributed by atoms with E-state index in [2.05, 4.69) is 34.6 Å². The molecule has 136 valence electrons. The third-order valence-electron chi connectivity index (χ3n) is 4.42. The van der Waals surface area contributed by atoms with E-state index in [1.807, 2.05) is 13.3 Å². The zero-order valence-corrected chi connectivity index (χ0v) is 15.8. The summed E-state index contributed by atoms with van der Waals surface area (Å²) < 4.78 is 12.3. The van der Waals surface area contributed by atoms with Crippen LogP contribution in [-0.4, -0.2) is 63.3 Å². The maximum absolute atomic E-state index is 5.13. The van der Waals surface area contributed by atoms with Gasteiger partial charge in [0.2, 0.25) is 5.95 Å². The topological polar surface area (TPSA) is 91.1 Å². The van der Waals surface area contributed by atoms with Gasteiger partial charge in [-0.1, -0.05) is 11.8 Å². The molecule has 0 atom stereocenters. The van der Waals surface area contributed by atoms with Gasteiger partial charge in [-0.05, 0) is 25.0 Å². The fraction of sp³-hybridized carbons (Fsp3) is 0.667. The molecule has 0 unspecified atom stereocenters. The summed E-state index contributed by atoms with van der Waals surface area (Å²) in [4.78, 5) is 14.9. The summed E-state index contributed by atoms with van der Waals surface area (Å²) in [5, 5.41) is 9.48. The minimum atomic E-state index is 0.271. The smallest absolute Gasteiger partial charge is 0.324 e. The molecule has 0 spiro atoms. The van der Waals surface area contributed by atoms with Gasteiger partial charge >= 0.3 is 12.0 Å². The average molecular weight is 365 g/mol.